The maximum Gasteiger partial charge on any atom is 0.472 e. The van der Waals surface area contributed by atoms with E-state index in [2.05, 4.69) is 0 Å². The fraction of sp³-hybridized carbons (Fsp3) is 1.00. The Kier molecular flexibility index (Phi) is 5.90. The van der Waals surface area contributed by atoms with Crippen LogP contribution in [0.4, 0.5) is 0 Å². The standard InChI is InChI=1S/C10H17B2O8P/c11-9-2-7(8(3-13)19-9)20-21(15,16)17-4-5-1-6(14)10(12)18-5/h5-10,13-14H,1-4H2,(H,15,16)/t5-,6?,7?,8-,9-,10+/m1/s1. The maximum atomic E-state index is 11.8. The molecule has 2 aliphatic rings. The lowest BCUT2D eigenvalue weighted by molar-refractivity contribution is -0.0145. The first-order chi connectivity index (χ1) is 9.80. The molecule has 0 aromatic heterocycles. The van der Waals surface area contributed by atoms with E-state index in [0.29, 0.717) is 0 Å². The van der Waals surface area contributed by atoms with Crippen LogP contribution in [0, 0.1) is 0 Å². The molecule has 0 spiro atoms. The zero-order chi connectivity index (χ0) is 15.6. The maximum absolute atomic E-state index is 11.8. The van der Waals surface area contributed by atoms with Crippen LogP contribution in [0.25, 0.3) is 0 Å². The highest BCUT2D eigenvalue weighted by Gasteiger charge is 2.39. The third-order valence-corrected chi connectivity index (χ3v) is 4.35. The quantitative estimate of drug-likeness (QED) is 0.397. The predicted octanol–water partition coefficient (Wildman–Crippen LogP) is -1.59. The second kappa shape index (κ2) is 7.10. The van der Waals surface area contributed by atoms with Crippen LogP contribution in [0.1, 0.15) is 12.8 Å². The molecule has 2 rings (SSSR count). The Bertz CT molecular complexity index is 389. The van der Waals surface area contributed by atoms with E-state index in [9.17, 15) is 14.6 Å². The van der Waals surface area contributed by atoms with Gasteiger partial charge in [0, 0.05) is 18.4 Å². The molecule has 2 saturated heterocycles. The van der Waals surface area contributed by atoms with Gasteiger partial charge in [-0.25, -0.2) is 4.57 Å². The molecule has 0 bridgehead atoms. The van der Waals surface area contributed by atoms with Gasteiger partial charge in [-0.15, -0.1) is 0 Å². The lowest BCUT2D eigenvalue weighted by atomic mass is 9.95. The second-order valence-corrected chi connectivity index (χ2v) is 6.47. The van der Waals surface area contributed by atoms with Crippen molar-refractivity contribution in [1.82, 2.24) is 0 Å². The third-order valence-electron chi connectivity index (χ3n) is 3.33. The molecule has 3 unspecified atom stereocenters. The molecule has 11 heteroatoms. The Labute approximate surface area is 125 Å². The summed E-state index contributed by atoms with van der Waals surface area (Å²) in [5.74, 6) is 0. The summed E-state index contributed by atoms with van der Waals surface area (Å²) in [5.41, 5.74) is 0. The molecule has 0 amide bonds. The van der Waals surface area contributed by atoms with Gasteiger partial charge in [0.15, 0.2) is 0 Å². The zero-order valence-electron chi connectivity index (χ0n) is 11.3. The Hall–Kier alpha value is 0.0799. The summed E-state index contributed by atoms with van der Waals surface area (Å²) < 4.78 is 31.9. The average molecular weight is 318 g/mol. The summed E-state index contributed by atoms with van der Waals surface area (Å²) in [6.07, 6.45) is -2.66. The van der Waals surface area contributed by atoms with E-state index in [-0.39, 0.29) is 26.1 Å². The lowest BCUT2D eigenvalue weighted by Crippen LogP contribution is -2.27. The smallest absolute Gasteiger partial charge is 0.394 e. The van der Waals surface area contributed by atoms with Gasteiger partial charge < -0.3 is 24.6 Å². The van der Waals surface area contributed by atoms with Gasteiger partial charge in [-0.2, -0.15) is 0 Å². The average Bonchev–Trinajstić information content (AvgIpc) is 2.90. The molecule has 0 aromatic rings. The Morgan fingerprint density at radius 3 is 2.57 bits per heavy atom. The minimum atomic E-state index is -4.36. The minimum Gasteiger partial charge on any atom is -0.394 e. The first-order valence-electron chi connectivity index (χ1n) is 6.57. The van der Waals surface area contributed by atoms with Gasteiger partial charge in [-0.1, -0.05) is 0 Å². The molecule has 2 fully saturated rings. The molecule has 0 saturated carbocycles. The van der Waals surface area contributed by atoms with Crippen molar-refractivity contribution in [1.29, 1.82) is 0 Å². The van der Waals surface area contributed by atoms with E-state index in [0.717, 1.165) is 0 Å². The Balaban J connectivity index is 1.80. The predicted molar refractivity (Wildman–Crippen MR) is 71.8 cm³/mol. The highest BCUT2D eigenvalue weighted by molar-refractivity contribution is 7.47. The molecule has 0 aromatic carbocycles. The van der Waals surface area contributed by atoms with E-state index in [1.54, 1.807) is 0 Å². The highest BCUT2D eigenvalue weighted by atomic mass is 31.2. The summed E-state index contributed by atoms with van der Waals surface area (Å²) in [7, 11) is 6.61. The van der Waals surface area contributed by atoms with Gasteiger partial charge in [-0.05, 0) is 6.42 Å². The van der Waals surface area contributed by atoms with Crippen LogP contribution in [-0.4, -0.2) is 80.4 Å². The van der Waals surface area contributed by atoms with Gasteiger partial charge in [0.25, 0.3) is 0 Å². The first kappa shape index (κ1) is 17.4. The van der Waals surface area contributed by atoms with E-state index in [1.165, 1.54) is 0 Å². The number of hydrogen-bond donors (Lipinski definition) is 3. The van der Waals surface area contributed by atoms with E-state index < -0.39 is 44.2 Å². The summed E-state index contributed by atoms with van der Waals surface area (Å²) in [6, 6.07) is -1.50. The topological polar surface area (TPSA) is 115 Å². The molecular weight excluding hydrogens is 301 g/mol. The molecule has 0 aliphatic carbocycles. The fourth-order valence-electron chi connectivity index (χ4n) is 2.28. The van der Waals surface area contributed by atoms with Crippen molar-refractivity contribution >= 4 is 23.5 Å². The molecule has 7 atom stereocenters. The number of rotatable bonds is 6. The van der Waals surface area contributed by atoms with Gasteiger partial charge in [0.1, 0.15) is 21.8 Å². The van der Waals surface area contributed by atoms with Crippen molar-refractivity contribution in [2.75, 3.05) is 13.2 Å². The molecule has 116 valence electrons. The Morgan fingerprint density at radius 1 is 1.29 bits per heavy atom. The monoisotopic (exact) mass is 318 g/mol. The van der Waals surface area contributed by atoms with Gasteiger partial charge >= 0.3 is 7.82 Å². The van der Waals surface area contributed by atoms with Crippen LogP contribution in [0.2, 0.25) is 0 Å². The molecule has 8 nitrogen and oxygen atoms in total. The van der Waals surface area contributed by atoms with Crippen LogP contribution in [-0.2, 0) is 23.1 Å². The largest absolute Gasteiger partial charge is 0.472 e. The van der Waals surface area contributed by atoms with Crippen LogP contribution in [0.5, 0.6) is 0 Å². The molecule has 2 heterocycles. The van der Waals surface area contributed by atoms with E-state index in [1.807, 2.05) is 0 Å². The third kappa shape index (κ3) is 4.77. The number of phosphoric ester groups is 1. The first-order valence-corrected chi connectivity index (χ1v) is 8.07. The summed E-state index contributed by atoms with van der Waals surface area (Å²) >= 11 is 0. The lowest BCUT2D eigenvalue weighted by Gasteiger charge is -2.21. The second-order valence-electron chi connectivity index (χ2n) is 5.07. The van der Waals surface area contributed by atoms with Crippen molar-refractivity contribution in [3.63, 3.8) is 0 Å². The fourth-order valence-corrected chi connectivity index (χ4v) is 3.26. The molecular formula is C10H17B2O8P. The van der Waals surface area contributed by atoms with Crippen molar-refractivity contribution in [2.45, 2.75) is 49.3 Å². The van der Waals surface area contributed by atoms with Crippen molar-refractivity contribution in [3.05, 3.63) is 0 Å². The molecule has 4 radical (unpaired) electrons. The van der Waals surface area contributed by atoms with Crippen molar-refractivity contribution in [3.8, 4) is 0 Å². The number of phosphoric acid groups is 1. The van der Waals surface area contributed by atoms with Gasteiger partial charge in [0.05, 0.1) is 31.5 Å². The van der Waals surface area contributed by atoms with Crippen LogP contribution in [0.15, 0.2) is 0 Å². The van der Waals surface area contributed by atoms with E-state index >= 15 is 0 Å². The molecule has 21 heavy (non-hydrogen) atoms. The number of aliphatic hydroxyl groups is 2. The highest BCUT2D eigenvalue weighted by Crippen LogP contribution is 2.47. The number of hydrogen-bond acceptors (Lipinski definition) is 7. The summed E-state index contributed by atoms with van der Waals surface area (Å²) in [4.78, 5) is 9.65. The summed E-state index contributed by atoms with van der Waals surface area (Å²) in [6.45, 7) is -0.632. The SMILES string of the molecule is [B][C@H]1CC(OP(=O)(O)OC[C@H]2CC(O)[C@@H]([B])O2)[C@@H](CO)O1. The minimum absolute atomic E-state index is 0.169. The number of aliphatic hydroxyl groups excluding tert-OH is 2. The molecule has 2 aliphatic heterocycles. The number of ether oxygens (including phenoxy) is 2. The van der Waals surface area contributed by atoms with Crippen LogP contribution >= 0.6 is 7.82 Å². The van der Waals surface area contributed by atoms with Crippen LogP contribution in [0.3, 0.4) is 0 Å². The van der Waals surface area contributed by atoms with Crippen molar-refractivity contribution < 1.29 is 38.2 Å². The Morgan fingerprint density at radius 2 is 2.00 bits per heavy atom. The summed E-state index contributed by atoms with van der Waals surface area (Å²) in [5, 5.41) is 18.5. The van der Waals surface area contributed by atoms with Crippen molar-refractivity contribution in [2.24, 2.45) is 0 Å². The van der Waals surface area contributed by atoms with Gasteiger partial charge in [0.2, 0.25) is 0 Å². The molecule has 3 N–H and O–H groups in total. The zero-order valence-corrected chi connectivity index (χ0v) is 12.2. The van der Waals surface area contributed by atoms with Crippen LogP contribution < -0.4 is 0 Å². The van der Waals surface area contributed by atoms with E-state index in [4.69, 9.17) is 39.3 Å². The normalized spacial score (nSPS) is 43.0. The van der Waals surface area contributed by atoms with Gasteiger partial charge in [-0.3, -0.25) is 9.05 Å².